The Hall–Kier alpha value is -0.860. The van der Waals surface area contributed by atoms with E-state index in [1.165, 1.54) is 18.2 Å². The molecular weight excluding hydrogens is 327 g/mol. The lowest BCUT2D eigenvalue weighted by atomic mass is 10.0. The molecule has 20 heavy (non-hydrogen) atoms. The number of hydrogen-bond acceptors (Lipinski definition) is 4. The number of carboxylic acid groups (broad SMARTS) is 1. The monoisotopic (exact) mass is 338 g/mol. The van der Waals surface area contributed by atoms with Crippen LogP contribution in [0.25, 0.3) is 0 Å². The number of nitrogens with zero attached hydrogens (tertiary/aromatic N) is 1. The first-order chi connectivity index (χ1) is 9.17. The maximum atomic E-state index is 12.5. The normalized spacial score (nSPS) is 23.9. The van der Waals surface area contributed by atoms with E-state index in [1.807, 2.05) is 0 Å². The van der Waals surface area contributed by atoms with E-state index >= 15 is 0 Å². The third-order valence-corrected chi connectivity index (χ3v) is 5.76. The van der Waals surface area contributed by atoms with Crippen molar-refractivity contribution in [3.8, 4) is 0 Å². The van der Waals surface area contributed by atoms with Gasteiger partial charge in [-0.25, -0.2) is 8.42 Å². The molecule has 110 valence electrons. The lowest BCUT2D eigenvalue weighted by molar-refractivity contribution is -0.142. The largest absolute Gasteiger partial charge is 0.480 e. The van der Waals surface area contributed by atoms with Crippen molar-refractivity contribution in [3.63, 3.8) is 0 Å². The van der Waals surface area contributed by atoms with Gasteiger partial charge in [-0.2, -0.15) is 4.31 Å². The second kappa shape index (κ2) is 5.16. The van der Waals surface area contributed by atoms with E-state index in [0.29, 0.717) is 0 Å². The van der Waals surface area contributed by atoms with E-state index in [4.69, 9.17) is 34.0 Å². The Kier molecular flexibility index (Phi) is 4.01. The van der Waals surface area contributed by atoms with E-state index in [2.05, 4.69) is 0 Å². The number of carbonyl (C=O) groups is 1. The molecule has 0 aromatic heterocycles. The van der Waals surface area contributed by atoms with E-state index in [0.717, 1.165) is 4.31 Å². The van der Waals surface area contributed by atoms with Crippen LogP contribution in [-0.4, -0.2) is 42.4 Å². The summed E-state index contributed by atoms with van der Waals surface area (Å²) in [6, 6.07) is 4.08. The first-order valence-corrected chi connectivity index (χ1v) is 7.84. The molecule has 1 aromatic rings. The highest BCUT2D eigenvalue weighted by atomic mass is 35.5. The van der Waals surface area contributed by atoms with Gasteiger partial charge in [0.2, 0.25) is 10.0 Å². The number of halogens is 2. The van der Waals surface area contributed by atoms with Crippen LogP contribution in [0.2, 0.25) is 10.0 Å². The number of carboxylic acids is 1. The quantitative estimate of drug-likeness (QED) is 0.861. The van der Waals surface area contributed by atoms with Crippen LogP contribution in [0.15, 0.2) is 23.1 Å². The van der Waals surface area contributed by atoms with E-state index in [-0.39, 0.29) is 34.5 Å². The molecular formula is C11H12Cl2N2O4S. The minimum Gasteiger partial charge on any atom is -0.480 e. The Labute approximate surface area is 126 Å². The van der Waals surface area contributed by atoms with Crippen LogP contribution < -0.4 is 5.73 Å². The van der Waals surface area contributed by atoms with Gasteiger partial charge in [-0.1, -0.05) is 23.2 Å². The summed E-state index contributed by atoms with van der Waals surface area (Å²) in [5, 5.41) is 9.29. The van der Waals surface area contributed by atoms with Gasteiger partial charge >= 0.3 is 5.97 Å². The maximum Gasteiger partial charge on any atom is 0.325 e. The summed E-state index contributed by atoms with van der Waals surface area (Å²) >= 11 is 11.7. The molecule has 1 aliphatic rings. The summed E-state index contributed by atoms with van der Waals surface area (Å²) in [7, 11) is -3.92. The van der Waals surface area contributed by atoms with Crippen molar-refractivity contribution < 1.29 is 18.3 Å². The third-order valence-electron chi connectivity index (χ3n) is 3.20. The van der Waals surface area contributed by atoms with Crippen LogP contribution in [-0.2, 0) is 14.8 Å². The van der Waals surface area contributed by atoms with E-state index < -0.39 is 21.5 Å². The summed E-state index contributed by atoms with van der Waals surface area (Å²) in [5.41, 5.74) is 4.10. The Balaban J connectivity index is 2.38. The minimum absolute atomic E-state index is 0.0218. The molecule has 0 aliphatic carbocycles. The molecule has 1 heterocycles. The van der Waals surface area contributed by atoms with Crippen molar-refractivity contribution >= 4 is 39.2 Å². The molecule has 0 bridgehead atoms. The molecule has 0 radical (unpaired) electrons. The van der Waals surface area contributed by atoms with Gasteiger partial charge in [0.05, 0.1) is 5.02 Å². The van der Waals surface area contributed by atoms with Gasteiger partial charge in [0.15, 0.2) is 0 Å². The summed E-state index contributed by atoms with van der Waals surface area (Å²) in [6.45, 7) is -0.276. The predicted molar refractivity (Wildman–Crippen MR) is 74.4 cm³/mol. The Morgan fingerprint density at radius 2 is 2.05 bits per heavy atom. The van der Waals surface area contributed by atoms with Gasteiger partial charge < -0.3 is 10.8 Å². The molecule has 2 rings (SSSR count). The lowest BCUT2D eigenvalue weighted by Crippen LogP contribution is -2.50. The SMILES string of the molecule is NC1(C(=O)O)CCN(S(=O)(=O)c2cc(Cl)ccc2Cl)C1. The fourth-order valence-corrected chi connectivity index (χ4v) is 4.24. The van der Waals surface area contributed by atoms with Crippen LogP contribution in [0.1, 0.15) is 6.42 Å². The molecule has 6 nitrogen and oxygen atoms in total. The Bertz CT molecular complexity index is 664. The van der Waals surface area contributed by atoms with Crippen molar-refractivity contribution in [2.45, 2.75) is 16.9 Å². The van der Waals surface area contributed by atoms with Crippen LogP contribution in [0, 0.1) is 0 Å². The van der Waals surface area contributed by atoms with Crippen molar-refractivity contribution in [3.05, 3.63) is 28.2 Å². The number of sulfonamides is 1. The second-order valence-corrected chi connectivity index (χ2v) is 7.37. The van der Waals surface area contributed by atoms with Gasteiger partial charge in [0.1, 0.15) is 10.4 Å². The molecule has 1 atom stereocenters. The number of aliphatic carboxylic acids is 1. The number of hydrogen-bond donors (Lipinski definition) is 2. The molecule has 1 unspecified atom stereocenters. The molecule has 9 heteroatoms. The van der Waals surface area contributed by atoms with Gasteiger partial charge in [-0.3, -0.25) is 4.79 Å². The summed E-state index contributed by atoms with van der Waals surface area (Å²) in [4.78, 5) is 10.9. The van der Waals surface area contributed by atoms with Crippen molar-refractivity contribution in [2.24, 2.45) is 5.73 Å². The number of nitrogens with two attached hydrogens (primary N) is 1. The molecule has 1 saturated heterocycles. The van der Waals surface area contributed by atoms with Crippen LogP contribution in [0.4, 0.5) is 0 Å². The highest BCUT2D eigenvalue weighted by Crippen LogP contribution is 2.31. The fourth-order valence-electron chi connectivity index (χ4n) is 1.99. The minimum atomic E-state index is -3.92. The molecule has 1 aromatic carbocycles. The average molecular weight is 339 g/mol. The van der Waals surface area contributed by atoms with Crippen molar-refractivity contribution in [2.75, 3.05) is 13.1 Å². The molecule has 1 aliphatic heterocycles. The molecule has 1 fully saturated rings. The first-order valence-electron chi connectivity index (χ1n) is 5.64. The predicted octanol–water partition coefficient (Wildman–Crippen LogP) is 1.17. The first kappa shape index (κ1) is 15.5. The summed E-state index contributed by atoms with van der Waals surface area (Å²) in [5.74, 6) is -1.23. The highest BCUT2D eigenvalue weighted by Gasteiger charge is 2.46. The van der Waals surface area contributed by atoms with E-state index in [9.17, 15) is 13.2 Å². The second-order valence-electron chi connectivity index (χ2n) is 4.62. The van der Waals surface area contributed by atoms with Gasteiger partial charge in [-0.05, 0) is 24.6 Å². The number of benzene rings is 1. The standard InChI is InChI=1S/C11H12Cl2N2O4S/c12-7-1-2-8(13)9(5-7)20(18,19)15-4-3-11(14,6-15)10(16)17/h1-2,5H,3-4,6,14H2,(H,16,17). The van der Waals surface area contributed by atoms with Crippen molar-refractivity contribution in [1.29, 1.82) is 0 Å². The maximum absolute atomic E-state index is 12.5. The average Bonchev–Trinajstić information content (AvgIpc) is 2.77. The van der Waals surface area contributed by atoms with Gasteiger partial charge in [0.25, 0.3) is 0 Å². The fraction of sp³-hybridized carbons (Fsp3) is 0.364. The zero-order valence-corrected chi connectivity index (χ0v) is 12.5. The molecule has 0 amide bonds. The third kappa shape index (κ3) is 2.64. The Morgan fingerprint density at radius 3 is 2.60 bits per heavy atom. The zero-order valence-electron chi connectivity index (χ0n) is 10.2. The molecule has 0 saturated carbocycles. The van der Waals surface area contributed by atoms with Gasteiger partial charge in [0, 0.05) is 18.1 Å². The topological polar surface area (TPSA) is 101 Å². The molecule has 3 N–H and O–H groups in total. The van der Waals surface area contributed by atoms with E-state index in [1.54, 1.807) is 0 Å². The van der Waals surface area contributed by atoms with Crippen LogP contribution in [0.5, 0.6) is 0 Å². The summed E-state index contributed by atoms with van der Waals surface area (Å²) < 4.78 is 25.9. The molecule has 0 spiro atoms. The van der Waals surface area contributed by atoms with Gasteiger partial charge in [-0.15, -0.1) is 0 Å². The highest BCUT2D eigenvalue weighted by molar-refractivity contribution is 7.89. The lowest BCUT2D eigenvalue weighted by Gasteiger charge is -2.20. The Morgan fingerprint density at radius 1 is 1.40 bits per heavy atom. The smallest absolute Gasteiger partial charge is 0.325 e. The van der Waals surface area contributed by atoms with Crippen LogP contribution >= 0.6 is 23.2 Å². The van der Waals surface area contributed by atoms with Crippen LogP contribution in [0.3, 0.4) is 0 Å². The number of rotatable bonds is 3. The summed E-state index contributed by atoms with van der Waals surface area (Å²) in [6.07, 6.45) is 0.0414. The zero-order chi connectivity index (χ0) is 15.1. The van der Waals surface area contributed by atoms with Crippen molar-refractivity contribution in [1.82, 2.24) is 4.31 Å².